The number of fused-ring (bicyclic) bond motifs is 1. The van der Waals surface area contributed by atoms with Gasteiger partial charge in [-0.15, -0.1) is 11.3 Å². The van der Waals surface area contributed by atoms with Crippen molar-refractivity contribution in [2.75, 3.05) is 0 Å². The van der Waals surface area contributed by atoms with Crippen LogP contribution in [-0.2, 0) is 9.53 Å². The summed E-state index contributed by atoms with van der Waals surface area (Å²) in [4.78, 5) is 26.0. The van der Waals surface area contributed by atoms with Gasteiger partial charge in [0.1, 0.15) is 15.5 Å². The number of ether oxygens (including phenoxy) is 1. The number of nitrogens with zero attached hydrogens (tertiary/aromatic N) is 2. The smallest absolute Gasteiger partial charge is 0.349 e. The lowest BCUT2D eigenvalue weighted by molar-refractivity contribution is -0.129. The molecule has 0 aliphatic heterocycles. The highest BCUT2D eigenvalue weighted by Crippen LogP contribution is 2.31. The predicted octanol–water partition coefficient (Wildman–Crippen LogP) is 4.14. The van der Waals surface area contributed by atoms with E-state index >= 15 is 0 Å². The van der Waals surface area contributed by atoms with E-state index in [0.717, 1.165) is 41.6 Å². The zero-order valence-corrected chi connectivity index (χ0v) is 17.1. The fourth-order valence-electron chi connectivity index (χ4n) is 3.57. The summed E-state index contributed by atoms with van der Waals surface area (Å²) in [5.41, 5.74) is 1.46. The number of hydrogen-bond donors (Lipinski definition) is 1. The number of halogens is 1. The molecule has 0 saturated heterocycles. The molecule has 1 aliphatic rings. The first-order valence-corrected chi connectivity index (χ1v) is 10.5. The van der Waals surface area contributed by atoms with E-state index in [2.05, 4.69) is 10.4 Å². The molecule has 0 spiro atoms. The maximum Gasteiger partial charge on any atom is 0.349 e. The van der Waals surface area contributed by atoms with Crippen molar-refractivity contribution in [1.82, 2.24) is 15.1 Å². The first-order valence-electron chi connectivity index (χ1n) is 9.69. The van der Waals surface area contributed by atoms with E-state index in [-0.39, 0.29) is 17.8 Å². The van der Waals surface area contributed by atoms with Crippen LogP contribution < -0.4 is 5.32 Å². The molecule has 1 N–H and O–H groups in total. The number of rotatable bonds is 5. The third-order valence-electron chi connectivity index (χ3n) is 5.17. The van der Waals surface area contributed by atoms with Crippen molar-refractivity contribution < 1.29 is 18.7 Å². The molecule has 1 fully saturated rings. The van der Waals surface area contributed by atoms with Crippen LogP contribution in [0, 0.1) is 12.7 Å². The van der Waals surface area contributed by atoms with Crippen molar-refractivity contribution in [2.45, 2.75) is 51.7 Å². The maximum atomic E-state index is 13.2. The summed E-state index contributed by atoms with van der Waals surface area (Å²) >= 11 is 1.24. The largest absolute Gasteiger partial charge is 0.448 e. The molecule has 0 radical (unpaired) electrons. The van der Waals surface area contributed by atoms with Gasteiger partial charge in [-0.1, -0.05) is 12.8 Å². The van der Waals surface area contributed by atoms with Crippen LogP contribution in [0.1, 0.15) is 48.0 Å². The van der Waals surface area contributed by atoms with E-state index in [1.165, 1.54) is 23.5 Å². The van der Waals surface area contributed by atoms with Gasteiger partial charge in [-0.25, -0.2) is 13.9 Å². The van der Waals surface area contributed by atoms with E-state index in [1.807, 2.05) is 6.92 Å². The highest BCUT2D eigenvalue weighted by molar-refractivity contribution is 7.20. The van der Waals surface area contributed by atoms with Crippen LogP contribution in [0.2, 0.25) is 0 Å². The Morgan fingerprint density at radius 2 is 1.97 bits per heavy atom. The third kappa shape index (κ3) is 4.03. The van der Waals surface area contributed by atoms with E-state index in [0.29, 0.717) is 10.6 Å². The normalized spacial score (nSPS) is 15.6. The molecule has 1 amide bonds. The minimum Gasteiger partial charge on any atom is -0.448 e. The fraction of sp³-hybridized carbons (Fsp3) is 0.381. The molecule has 1 atom stereocenters. The van der Waals surface area contributed by atoms with Gasteiger partial charge in [-0.2, -0.15) is 5.10 Å². The first kappa shape index (κ1) is 19.6. The lowest BCUT2D eigenvalue weighted by Crippen LogP contribution is -2.40. The summed E-state index contributed by atoms with van der Waals surface area (Å²) in [6, 6.07) is 7.91. The summed E-state index contributed by atoms with van der Waals surface area (Å²) in [6.45, 7) is 3.43. The van der Waals surface area contributed by atoms with Crippen LogP contribution in [0.15, 0.2) is 30.3 Å². The van der Waals surface area contributed by atoms with Crippen LogP contribution in [0.3, 0.4) is 0 Å². The van der Waals surface area contributed by atoms with Gasteiger partial charge in [0.2, 0.25) is 0 Å². The highest BCUT2D eigenvalue weighted by Gasteiger charge is 2.25. The molecule has 1 unspecified atom stereocenters. The van der Waals surface area contributed by atoms with Crippen LogP contribution in [0.5, 0.6) is 0 Å². The average Bonchev–Trinajstić information content (AvgIpc) is 3.41. The number of aromatic nitrogens is 2. The molecule has 3 aromatic rings. The van der Waals surface area contributed by atoms with Crippen molar-refractivity contribution in [3.63, 3.8) is 0 Å². The molecule has 29 heavy (non-hydrogen) atoms. The molecule has 4 rings (SSSR count). The van der Waals surface area contributed by atoms with Gasteiger partial charge in [-0.3, -0.25) is 4.79 Å². The number of hydrogen-bond acceptors (Lipinski definition) is 5. The topological polar surface area (TPSA) is 73.2 Å². The van der Waals surface area contributed by atoms with E-state index in [9.17, 15) is 14.0 Å². The molecular weight excluding hydrogens is 393 g/mol. The standard InChI is InChI=1S/C21H22FN3O3S/c1-12-17-11-18(21(27)28-13(2)19(26)23-15-5-3-4-6-15)29-20(17)25(24-12)16-9-7-14(22)8-10-16/h7-11,13,15H,3-6H2,1-2H3,(H,23,26). The Bertz CT molecular complexity index is 1050. The van der Waals surface area contributed by atoms with Crippen LogP contribution in [0.25, 0.3) is 15.9 Å². The predicted molar refractivity (Wildman–Crippen MR) is 109 cm³/mol. The van der Waals surface area contributed by atoms with E-state index in [1.54, 1.807) is 29.8 Å². The molecular formula is C21H22FN3O3S. The Balaban J connectivity index is 1.51. The van der Waals surface area contributed by atoms with Gasteiger partial charge < -0.3 is 10.1 Å². The van der Waals surface area contributed by atoms with Gasteiger partial charge in [-0.05, 0) is 57.0 Å². The molecule has 1 saturated carbocycles. The van der Waals surface area contributed by atoms with Gasteiger partial charge >= 0.3 is 5.97 Å². The SMILES string of the molecule is Cc1nn(-c2ccc(F)cc2)c2sc(C(=O)OC(C)C(=O)NC3CCCC3)cc12. The average molecular weight is 415 g/mol. The number of benzene rings is 1. The van der Waals surface area contributed by atoms with Gasteiger partial charge in [0.05, 0.1) is 11.4 Å². The van der Waals surface area contributed by atoms with Gasteiger partial charge in [0.15, 0.2) is 6.10 Å². The second kappa shape index (κ2) is 7.94. The molecule has 2 aromatic heterocycles. The minimum absolute atomic E-state index is 0.178. The Morgan fingerprint density at radius 3 is 2.66 bits per heavy atom. The number of esters is 1. The number of carbonyl (C=O) groups excluding carboxylic acids is 2. The number of aryl methyl sites for hydroxylation is 1. The lowest BCUT2D eigenvalue weighted by Gasteiger charge is -2.16. The molecule has 152 valence electrons. The summed E-state index contributed by atoms with van der Waals surface area (Å²) in [7, 11) is 0. The van der Waals surface area contributed by atoms with Crippen LogP contribution >= 0.6 is 11.3 Å². The van der Waals surface area contributed by atoms with Crippen molar-refractivity contribution in [3.8, 4) is 5.69 Å². The molecule has 6 nitrogen and oxygen atoms in total. The quantitative estimate of drug-likeness (QED) is 0.636. The Kier molecular flexibility index (Phi) is 5.36. The highest BCUT2D eigenvalue weighted by atomic mass is 32.1. The summed E-state index contributed by atoms with van der Waals surface area (Å²) in [5.74, 6) is -1.13. The Hall–Kier alpha value is -2.74. The first-order chi connectivity index (χ1) is 13.9. The number of nitrogens with one attached hydrogen (secondary N) is 1. The lowest BCUT2D eigenvalue weighted by atomic mass is 10.2. The number of thiophene rings is 1. The molecule has 1 aliphatic carbocycles. The van der Waals surface area contributed by atoms with Gasteiger partial charge in [0.25, 0.3) is 5.91 Å². The molecule has 8 heteroatoms. The molecule has 1 aromatic carbocycles. The van der Waals surface area contributed by atoms with Crippen LogP contribution in [0.4, 0.5) is 4.39 Å². The van der Waals surface area contributed by atoms with Crippen molar-refractivity contribution in [2.24, 2.45) is 0 Å². The maximum absolute atomic E-state index is 13.2. The zero-order valence-electron chi connectivity index (χ0n) is 16.3. The summed E-state index contributed by atoms with van der Waals surface area (Å²) in [5, 5.41) is 8.26. The van der Waals surface area contributed by atoms with E-state index < -0.39 is 12.1 Å². The van der Waals surface area contributed by atoms with E-state index in [4.69, 9.17) is 4.74 Å². The van der Waals surface area contributed by atoms with Crippen LogP contribution in [-0.4, -0.2) is 33.8 Å². The Labute approximate surface area is 171 Å². The third-order valence-corrected chi connectivity index (χ3v) is 6.26. The molecule has 0 bridgehead atoms. The number of amides is 1. The summed E-state index contributed by atoms with van der Waals surface area (Å²) in [6.07, 6.45) is 3.32. The van der Waals surface area contributed by atoms with Crippen molar-refractivity contribution in [1.29, 1.82) is 0 Å². The second-order valence-corrected chi connectivity index (χ2v) is 8.37. The Morgan fingerprint density at radius 1 is 1.28 bits per heavy atom. The monoisotopic (exact) mass is 415 g/mol. The molecule has 2 heterocycles. The van der Waals surface area contributed by atoms with Gasteiger partial charge in [0, 0.05) is 11.4 Å². The number of carbonyl (C=O) groups is 2. The summed E-state index contributed by atoms with van der Waals surface area (Å²) < 4.78 is 20.3. The minimum atomic E-state index is -0.858. The van der Waals surface area contributed by atoms with Crippen molar-refractivity contribution in [3.05, 3.63) is 46.7 Å². The fourth-order valence-corrected chi connectivity index (χ4v) is 4.63. The second-order valence-electron chi connectivity index (χ2n) is 7.34. The zero-order chi connectivity index (χ0) is 20.5. The van der Waals surface area contributed by atoms with Crippen molar-refractivity contribution >= 4 is 33.4 Å².